The molecule has 0 spiro atoms. The average Bonchev–Trinajstić information content (AvgIpc) is 2.79. The number of benzene rings is 1. The van der Waals surface area contributed by atoms with Crippen molar-refractivity contribution in [1.82, 2.24) is 15.2 Å². The molecule has 5 nitrogen and oxygen atoms in total. The average molecular weight is 275 g/mol. The first-order valence-electron chi connectivity index (χ1n) is 7.12. The quantitative estimate of drug-likeness (QED) is 0.887. The molecule has 1 aliphatic rings. The van der Waals surface area contributed by atoms with Gasteiger partial charge in [0.1, 0.15) is 0 Å². The molecular formula is C15H21N3O2. The lowest BCUT2D eigenvalue weighted by Gasteiger charge is -2.41. The van der Waals surface area contributed by atoms with E-state index in [1.54, 1.807) is 0 Å². The van der Waals surface area contributed by atoms with Crippen molar-refractivity contribution in [3.05, 3.63) is 34.3 Å². The Balaban J connectivity index is 1.81. The molecule has 2 heterocycles. The minimum Gasteiger partial charge on any atom is -0.408 e. The lowest BCUT2D eigenvalue weighted by molar-refractivity contribution is 0.104. The van der Waals surface area contributed by atoms with Gasteiger partial charge >= 0.3 is 5.76 Å². The summed E-state index contributed by atoms with van der Waals surface area (Å²) < 4.78 is 5.13. The summed E-state index contributed by atoms with van der Waals surface area (Å²) in [6.07, 6.45) is 0.942. The highest BCUT2D eigenvalue weighted by atomic mass is 16.4. The molecule has 0 saturated carbocycles. The van der Waals surface area contributed by atoms with Crippen LogP contribution in [0.1, 0.15) is 19.4 Å². The zero-order chi connectivity index (χ0) is 14.2. The second kappa shape index (κ2) is 5.07. The monoisotopic (exact) mass is 275 g/mol. The van der Waals surface area contributed by atoms with E-state index in [9.17, 15) is 4.79 Å². The molecule has 0 unspecified atom stereocenters. The number of hydrogen-bond acceptors (Lipinski definition) is 4. The van der Waals surface area contributed by atoms with Gasteiger partial charge < -0.3 is 9.73 Å². The maximum absolute atomic E-state index is 11.2. The van der Waals surface area contributed by atoms with Crippen molar-refractivity contribution in [2.75, 3.05) is 26.2 Å². The van der Waals surface area contributed by atoms with Crippen LogP contribution in [0.2, 0.25) is 0 Å². The second-order valence-electron chi connectivity index (χ2n) is 6.07. The minimum atomic E-state index is -0.390. The number of oxazole rings is 1. The summed E-state index contributed by atoms with van der Waals surface area (Å²) in [7, 11) is 0. The van der Waals surface area contributed by atoms with Crippen LogP contribution in [0.3, 0.4) is 0 Å². The Morgan fingerprint density at radius 2 is 2.05 bits per heavy atom. The molecule has 0 bridgehead atoms. The smallest absolute Gasteiger partial charge is 0.408 e. The summed E-state index contributed by atoms with van der Waals surface area (Å²) in [6.45, 7) is 8.80. The molecule has 0 aliphatic carbocycles. The Bertz CT molecular complexity index is 650. The number of aromatic amines is 1. The van der Waals surface area contributed by atoms with Crippen molar-refractivity contribution in [2.45, 2.75) is 25.8 Å². The molecular weight excluding hydrogens is 254 g/mol. The summed E-state index contributed by atoms with van der Waals surface area (Å²) in [4.78, 5) is 16.4. The molecule has 5 heteroatoms. The first-order chi connectivity index (χ1) is 9.54. The molecule has 0 radical (unpaired) electrons. The standard InChI is InChI=1S/C15H21N3O2/c1-15(2,18-7-5-16-6-8-18)10-11-3-4-12-13(9-11)20-14(19)17-12/h3-4,9,16H,5-8,10H2,1-2H3,(H,17,19). The molecule has 2 N–H and O–H groups in total. The zero-order valence-electron chi connectivity index (χ0n) is 12.0. The Morgan fingerprint density at radius 1 is 1.30 bits per heavy atom. The number of H-pyrrole nitrogens is 1. The van der Waals surface area contributed by atoms with E-state index in [0.717, 1.165) is 38.1 Å². The fraction of sp³-hybridized carbons (Fsp3) is 0.533. The Morgan fingerprint density at radius 3 is 2.80 bits per heavy atom. The molecule has 20 heavy (non-hydrogen) atoms. The van der Waals surface area contributed by atoms with Crippen LogP contribution in [0.25, 0.3) is 11.1 Å². The van der Waals surface area contributed by atoms with Crippen LogP contribution in [0.15, 0.2) is 27.4 Å². The molecule has 3 rings (SSSR count). The maximum Gasteiger partial charge on any atom is 0.417 e. The van der Waals surface area contributed by atoms with Crippen LogP contribution in [-0.4, -0.2) is 41.6 Å². The molecule has 1 aromatic heterocycles. The van der Waals surface area contributed by atoms with E-state index < -0.39 is 5.76 Å². The van der Waals surface area contributed by atoms with Gasteiger partial charge in [-0.3, -0.25) is 9.88 Å². The van der Waals surface area contributed by atoms with E-state index in [1.807, 2.05) is 12.1 Å². The maximum atomic E-state index is 11.2. The highest BCUT2D eigenvalue weighted by Crippen LogP contribution is 2.22. The van der Waals surface area contributed by atoms with Gasteiger partial charge in [0.25, 0.3) is 0 Å². The zero-order valence-corrected chi connectivity index (χ0v) is 12.0. The predicted molar refractivity (Wildman–Crippen MR) is 79.1 cm³/mol. The largest absolute Gasteiger partial charge is 0.417 e. The lowest BCUT2D eigenvalue weighted by Crippen LogP contribution is -2.54. The molecule has 1 aliphatic heterocycles. The van der Waals surface area contributed by atoms with Gasteiger partial charge in [-0.1, -0.05) is 6.07 Å². The van der Waals surface area contributed by atoms with Gasteiger partial charge in [-0.05, 0) is 38.0 Å². The van der Waals surface area contributed by atoms with Crippen molar-refractivity contribution < 1.29 is 4.42 Å². The van der Waals surface area contributed by atoms with Crippen molar-refractivity contribution >= 4 is 11.1 Å². The van der Waals surface area contributed by atoms with Crippen LogP contribution in [-0.2, 0) is 6.42 Å². The third-order valence-electron chi connectivity index (χ3n) is 4.10. The lowest BCUT2D eigenvalue weighted by atomic mass is 9.92. The fourth-order valence-corrected chi connectivity index (χ4v) is 2.98. The van der Waals surface area contributed by atoms with E-state index in [2.05, 4.69) is 35.1 Å². The molecule has 1 aromatic carbocycles. The van der Waals surface area contributed by atoms with Crippen LogP contribution in [0, 0.1) is 0 Å². The number of rotatable bonds is 3. The molecule has 1 saturated heterocycles. The second-order valence-corrected chi connectivity index (χ2v) is 6.07. The van der Waals surface area contributed by atoms with Gasteiger partial charge in [0, 0.05) is 31.7 Å². The first-order valence-corrected chi connectivity index (χ1v) is 7.12. The number of aromatic nitrogens is 1. The predicted octanol–water partition coefficient (Wildman–Crippen LogP) is 1.35. The third-order valence-corrected chi connectivity index (χ3v) is 4.10. The van der Waals surface area contributed by atoms with Gasteiger partial charge in [-0.2, -0.15) is 0 Å². The summed E-state index contributed by atoms with van der Waals surface area (Å²) in [5, 5.41) is 3.38. The molecule has 2 aromatic rings. The van der Waals surface area contributed by atoms with Gasteiger partial charge in [-0.25, -0.2) is 4.79 Å². The van der Waals surface area contributed by atoms with Crippen LogP contribution >= 0.6 is 0 Å². The fourth-order valence-electron chi connectivity index (χ4n) is 2.98. The molecule has 1 fully saturated rings. The summed E-state index contributed by atoms with van der Waals surface area (Å²) in [5.74, 6) is -0.390. The van der Waals surface area contributed by atoms with E-state index in [-0.39, 0.29) is 5.54 Å². The molecule has 108 valence electrons. The van der Waals surface area contributed by atoms with E-state index in [4.69, 9.17) is 4.42 Å². The third kappa shape index (κ3) is 2.64. The van der Waals surface area contributed by atoms with Crippen LogP contribution in [0.5, 0.6) is 0 Å². The van der Waals surface area contributed by atoms with Crippen molar-refractivity contribution in [1.29, 1.82) is 0 Å². The molecule has 0 atom stereocenters. The summed E-state index contributed by atoms with van der Waals surface area (Å²) in [6, 6.07) is 5.96. The van der Waals surface area contributed by atoms with Crippen molar-refractivity contribution in [3.8, 4) is 0 Å². The normalized spacial score (nSPS) is 17.7. The van der Waals surface area contributed by atoms with Crippen molar-refractivity contribution in [3.63, 3.8) is 0 Å². The molecule has 0 amide bonds. The summed E-state index contributed by atoms with van der Waals surface area (Å²) in [5.41, 5.74) is 2.71. The van der Waals surface area contributed by atoms with E-state index in [1.165, 1.54) is 5.56 Å². The van der Waals surface area contributed by atoms with Crippen LogP contribution < -0.4 is 11.1 Å². The minimum absolute atomic E-state index is 0.104. The van der Waals surface area contributed by atoms with Gasteiger partial charge in [0.15, 0.2) is 5.58 Å². The number of piperazine rings is 1. The Hall–Kier alpha value is -1.59. The van der Waals surface area contributed by atoms with Gasteiger partial charge in [-0.15, -0.1) is 0 Å². The van der Waals surface area contributed by atoms with E-state index in [0.29, 0.717) is 5.58 Å². The van der Waals surface area contributed by atoms with Gasteiger partial charge in [0.2, 0.25) is 0 Å². The SMILES string of the molecule is CC(C)(Cc1ccc2[nH]c(=O)oc2c1)N1CCNCC1. The first kappa shape index (κ1) is 13.4. The highest BCUT2D eigenvalue weighted by molar-refractivity contribution is 5.72. The van der Waals surface area contributed by atoms with Crippen LogP contribution in [0.4, 0.5) is 0 Å². The summed E-state index contributed by atoms with van der Waals surface area (Å²) >= 11 is 0. The Labute approximate surface area is 118 Å². The number of nitrogens with zero attached hydrogens (tertiary/aromatic N) is 1. The van der Waals surface area contributed by atoms with Crippen molar-refractivity contribution in [2.24, 2.45) is 0 Å². The number of hydrogen-bond donors (Lipinski definition) is 2. The topological polar surface area (TPSA) is 61.3 Å². The number of nitrogens with one attached hydrogen (secondary N) is 2. The highest BCUT2D eigenvalue weighted by Gasteiger charge is 2.28. The van der Waals surface area contributed by atoms with E-state index >= 15 is 0 Å². The van der Waals surface area contributed by atoms with Gasteiger partial charge in [0.05, 0.1) is 5.52 Å². The Kier molecular flexibility index (Phi) is 3.40. The number of fused-ring (bicyclic) bond motifs is 1.